The largest absolute Gasteiger partial charge is 0.372 e. The van der Waals surface area contributed by atoms with Crippen molar-refractivity contribution in [2.45, 2.75) is 52.5 Å². The first-order valence-corrected chi connectivity index (χ1v) is 7.24. The highest BCUT2D eigenvalue weighted by molar-refractivity contribution is 5.47. The van der Waals surface area contributed by atoms with Gasteiger partial charge in [0.1, 0.15) is 11.6 Å². The van der Waals surface area contributed by atoms with Gasteiger partial charge in [0.25, 0.3) is 0 Å². The number of hydrogen-bond acceptors (Lipinski definition) is 4. The maximum absolute atomic E-state index is 13.5. The van der Waals surface area contributed by atoms with Gasteiger partial charge < -0.3 is 15.0 Å². The van der Waals surface area contributed by atoms with Gasteiger partial charge in [-0.05, 0) is 19.9 Å². The van der Waals surface area contributed by atoms with E-state index in [0.717, 1.165) is 24.5 Å². The van der Waals surface area contributed by atoms with Gasteiger partial charge >= 0.3 is 0 Å². The summed E-state index contributed by atoms with van der Waals surface area (Å²) in [5, 5.41) is 3.33. The summed E-state index contributed by atoms with van der Waals surface area (Å²) in [7, 11) is 0. The van der Waals surface area contributed by atoms with Gasteiger partial charge in [0.15, 0.2) is 0 Å². The van der Waals surface area contributed by atoms with Gasteiger partial charge in [-0.25, -0.2) is 9.37 Å². The van der Waals surface area contributed by atoms with Crippen molar-refractivity contribution >= 4 is 5.82 Å². The van der Waals surface area contributed by atoms with Crippen LogP contribution in [0.2, 0.25) is 0 Å². The molecular weight excluding hydrogens is 257 g/mol. The summed E-state index contributed by atoms with van der Waals surface area (Å²) in [6, 6.07) is 1.93. The maximum Gasteiger partial charge on any atom is 0.141 e. The van der Waals surface area contributed by atoms with E-state index in [9.17, 15) is 4.39 Å². The molecule has 2 atom stereocenters. The van der Waals surface area contributed by atoms with Gasteiger partial charge in [-0.2, -0.15) is 0 Å². The van der Waals surface area contributed by atoms with Crippen molar-refractivity contribution in [3.8, 4) is 0 Å². The van der Waals surface area contributed by atoms with Crippen LogP contribution in [-0.2, 0) is 11.3 Å². The molecule has 0 aliphatic carbocycles. The predicted molar refractivity (Wildman–Crippen MR) is 78.4 cm³/mol. The number of nitrogens with zero attached hydrogens (tertiary/aromatic N) is 2. The average Bonchev–Trinajstić information content (AvgIpc) is 2.35. The van der Waals surface area contributed by atoms with E-state index in [-0.39, 0.29) is 18.0 Å². The van der Waals surface area contributed by atoms with E-state index < -0.39 is 0 Å². The van der Waals surface area contributed by atoms with Crippen LogP contribution in [0.3, 0.4) is 0 Å². The van der Waals surface area contributed by atoms with Gasteiger partial charge in [0, 0.05) is 31.2 Å². The van der Waals surface area contributed by atoms with Crippen molar-refractivity contribution in [3.63, 3.8) is 0 Å². The fraction of sp³-hybridized carbons (Fsp3) is 0.667. The molecule has 2 unspecified atom stereocenters. The first-order chi connectivity index (χ1) is 9.45. The second kappa shape index (κ2) is 6.50. The first-order valence-electron chi connectivity index (χ1n) is 7.24. The summed E-state index contributed by atoms with van der Waals surface area (Å²) in [5.41, 5.74) is 0.903. The van der Waals surface area contributed by atoms with Crippen molar-refractivity contribution < 1.29 is 9.13 Å². The van der Waals surface area contributed by atoms with Crippen molar-refractivity contribution in [1.29, 1.82) is 0 Å². The number of morpholine rings is 1. The summed E-state index contributed by atoms with van der Waals surface area (Å²) >= 11 is 0. The monoisotopic (exact) mass is 281 g/mol. The van der Waals surface area contributed by atoms with Crippen molar-refractivity contribution in [2.24, 2.45) is 0 Å². The molecule has 1 aromatic heterocycles. The lowest BCUT2D eigenvalue weighted by molar-refractivity contribution is -0.00551. The SMILES string of the molecule is CC(C)NCc1cc(F)cnc1N1CC(C)OC(C)C1. The van der Waals surface area contributed by atoms with E-state index in [0.29, 0.717) is 12.6 Å². The van der Waals surface area contributed by atoms with Crippen LogP contribution in [0.1, 0.15) is 33.3 Å². The standard InChI is InChI=1S/C15H24FN3O/c1-10(2)17-6-13-5-14(16)7-18-15(13)19-8-11(3)20-12(4)9-19/h5,7,10-12,17H,6,8-9H2,1-4H3. The van der Waals surface area contributed by atoms with Crippen molar-refractivity contribution in [3.05, 3.63) is 23.6 Å². The molecule has 1 aliphatic heterocycles. The molecule has 2 heterocycles. The molecule has 4 nitrogen and oxygen atoms in total. The number of pyridine rings is 1. The fourth-order valence-electron chi connectivity index (χ4n) is 2.55. The lowest BCUT2D eigenvalue weighted by atomic mass is 10.1. The normalized spacial score (nSPS) is 23.4. The predicted octanol–water partition coefficient (Wildman–Crippen LogP) is 2.33. The van der Waals surface area contributed by atoms with E-state index in [1.165, 1.54) is 6.20 Å². The molecule has 0 saturated carbocycles. The van der Waals surface area contributed by atoms with Crippen molar-refractivity contribution in [2.75, 3.05) is 18.0 Å². The van der Waals surface area contributed by atoms with Crippen LogP contribution in [0.4, 0.5) is 10.2 Å². The van der Waals surface area contributed by atoms with E-state index in [2.05, 4.69) is 42.9 Å². The Morgan fingerprint density at radius 3 is 2.65 bits per heavy atom. The third-order valence-electron chi connectivity index (χ3n) is 3.33. The molecule has 0 radical (unpaired) electrons. The lowest BCUT2D eigenvalue weighted by Crippen LogP contribution is -2.46. The van der Waals surface area contributed by atoms with Crippen LogP contribution in [0.15, 0.2) is 12.3 Å². The van der Waals surface area contributed by atoms with Crippen LogP contribution >= 0.6 is 0 Å². The minimum Gasteiger partial charge on any atom is -0.372 e. The van der Waals surface area contributed by atoms with Gasteiger partial charge in [-0.3, -0.25) is 0 Å². The quantitative estimate of drug-likeness (QED) is 0.919. The number of rotatable bonds is 4. The number of ether oxygens (including phenoxy) is 1. The third-order valence-corrected chi connectivity index (χ3v) is 3.33. The summed E-state index contributed by atoms with van der Waals surface area (Å²) in [5.74, 6) is 0.574. The molecule has 0 bridgehead atoms. The summed E-state index contributed by atoms with van der Waals surface area (Å²) in [6.07, 6.45) is 1.62. The van der Waals surface area contributed by atoms with Crippen LogP contribution in [0.5, 0.6) is 0 Å². The Morgan fingerprint density at radius 2 is 2.05 bits per heavy atom. The van der Waals surface area contributed by atoms with Gasteiger partial charge in [-0.1, -0.05) is 13.8 Å². The number of aromatic nitrogens is 1. The summed E-state index contributed by atoms with van der Waals surface area (Å²) < 4.78 is 19.2. The number of nitrogens with one attached hydrogen (secondary N) is 1. The zero-order valence-corrected chi connectivity index (χ0v) is 12.7. The van der Waals surface area contributed by atoms with Gasteiger partial charge in [0.2, 0.25) is 0 Å². The summed E-state index contributed by atoms with van der Waals surface area (Å²) in [6.45, 7) is 10.5. The second-order valence-electron chi connectivity index (χ2n) is 5.83. The minimum absolute atomic E-state index is 0.163. The molecule has 112 valence electrons. The Morgan fingerprint density at radius 1 is 1.40 bits per heavy atom. The van der Waals surface area contributed by atoms with E-state index in [1.807, 2.05) is 0 Å². The highest BCUT2D eigenvalue weighted by Gasteiger charge is 2.25. The van der Waals surface area contributed by atoms with E-state index in [1.54, 1.807) is 6.07 Å². The molecule has 0 aromatic carbocycles. The Kier molecular flexibility index (Phi) is 4.94. The Balaban J connectivity index is 2.21. The molecule has 1 aromatic rings. The molecule has 20 heavy (non-hydrogen) atoms. The third kappa shape index (κ3) is 3.90. The zero-order valence-electron chi connectivity index (χ0n) is 12.7. The molecule has 2 rings (SSSR count). The topological polar surface area (TPSA) is 37.4 Å². The number of hydrogen-bond donors (Lipinski definition) is 1. The van der Waals surface area contributed by atoms with Crippen LogP contribution in [0, 0.1) is 5.82 Å². The highest BCUT2D eigenvalue weighted by Crippen LogP contribution is 2.23. The fourth-order valence-corrected chi connectivity index (χ4v) is 2.55. The number of halogens is 1. The van der Waals surface area contributed by atoms with Crippen LogP contribution in [0.25, 0.3) is 0 Å². The maximum atomic E-state index is 13.5. The second-order valence-corrected chi connectivity index (χ2v) is 5.83. The minimum atomic E-state index is -0.288. The molecule has 1 N–H and O–H groups in total. The van der Waals surface area contributed by atoms with Crippen LogP contribution in [-0.4, -0.2) is 36.3 Å². The van der Waals surface area contributed by atoms with Crippen LogP contribution < -0.4 is 10.2 Å². The van der Waals surface area contributed by atoms with E-state index >= 15 is 0 Å². The van der Waals surface area contributed by atoms with E-state index in [4.69, 9.17) is 4.74 Å². The Labute approximate surface area is 120 Å². The molecule has 5 heteroatoms. The molecule has 0 amide bonds. The average molecular weight is 281 g/mol. The Hall–Kier alpha value is -1.20. The molecular formula is C15H24FN3O. The lowest BCUT2D eigenvalue weighted by Gasteiger charge is -2.37. The van der Waals surface area contributed by atoms with Gasteiger partial charge in [0.05, 0.1) is 18.4 Å². The van der Waals surface area contributed by atoms with Crippen molar-refractivity contribution in [1.82, 2.24) is 10.3 Å². The highest BCUT2D eigenvalue weighted by atomic mass is 19.1. The molecule has 0 spiro atoms. The molecule has 1 saturated heterocycles. The zero-order chi connectivity index (χ0) is 14.7. The molecule has 1 fully saturated rings. The Bertz CT molecular complexity index is 443. The smallest absolute Gasteiger partial charge is 0.141 e. The number of anilines is 1. The summed E-state index contributed by atoms with van der Waals surface area (Å²) in [4.78, 5) is 6.49. The first kappa shape index (κ1) is 15.2. The van der Waals surface area contributed by atoms with Gasteiger partial charge in [-0.15, -0.1) is 0 Å². The molecule has 1 aliphatic rings.